The number of anilines is 1. The van der Waals surface area contributed by atoms with Crippen LogP contribution in [-0.4, -0.2) is 40.3 Å². The van der Waals surface area contributed by atoms with E-state index in [4.69, 9.17) is 13.9 Å². The van der Waals surface area contributed by atoms with E-state index in [9.17, 15) is 8.42 Å². The van der Waals surface area contributed by atoms with Crippen LogP contribution in [0.1, 0.15) is 13.3 Å². The molecule has 0 spiro atoms. The minimum Gasteiger partial charge on any atom is -0.494 e. The predicted molar refractivity (Wildman–Crippen MR) is 118 cm³/mol. The minimum atomic E-state index is -3.88. The minimum absolute atomic E-state index is 0.109. The number of hydrogen-bond acceptors (Lipinski definition) is 7. The lowest BCUT2D eigenvalue weighted by Crippen LogP contribution is -2.09. The Hall–Kier alpha value is -2.36. The van der Waals surface area contributed by atoms with E-state index in [1.165, 1.54) is 12.1 Å². The number of sulfone groups is 1. The summed E-state index contributed by atoms with van der Waals surface area (Å²) in [7, 11) is -2.26. The van der Waals surface area contributed by atoms with Crippen molar-refractivity contribution in [1.29, 1.82) is 0 Å². The van der Waals surface area contributed by atoms with Gasteiger partial charge >= 0.3 is 0 Å². The summed E-state index contributed by atoms with van der Waals surface area (Å²) in [6, 6.07) is 13.5. The smallest absolute Gasteiger partial charge is 0.233 e. The summed E-state index contributed by atoms with van der Waals surface area (Å²) in [5, 5.41) is 2.89. The molecule has 0 aliphatic rings. The van der Waals surface area contributed by atoms with Crippen molar-refractivity contribution in [3.05, 3.63) is 53.0 Å². The Morgan fingerprint density at radius 2 is 1.80 bits per heavy atom. The molecule has 0 aliphatic heterocycles. The molecule has 0 fully saturated rings. The van der Waals surface area contributed by atoms with Crippen LogP contribution in [0.3, 0.4) is 0 Å². The summed E-state index contributed by atoms with van der Waals surface area (Å²) in [4.78, 5) is 4.46. The fourth-order valence-corrected chi connectivity index (χ4v) is 4.27. The zero-order valence-electron chi connectivity index (χ0n) is 16.7. The van der Waals surface area contributed by atoms with Crippen LogP contribution in [0.4, 0.5) is 5.88 Å². The van der Waals surface area contributed by atoms with Gasteiger partial charge in [0.05, 0.1) is 11.5 Å². The summed E-state index contributed by atoms with van der Waals surface area (Å²) in [5.41, 5.74) is 0.649. The van der Waals surface area contributed by atoms with Crippen molar-refractivity contribution in [2.75, 3.05) is 32.2 Å². The van der Waals surface area contributed by atoms with Crippen LogP contribution in [0.2, 0.25) is 0 Å². The number of benzene rings is 2. The Labute approximate surface area is 184 Å². The molecular weight excluding hydrogens is 472 g/mol. The van der Waals surface area contributed by atoms with Crippen LogP contribution >= 0.6 is 15.9 Å². The zero-order chi connectivity index (χ0) is 21.6. The average molecular weight is 495 g/mol. The van der Waals surface area contributed by atoms with Gasteiger partial charge in [-0.25, -0.2) is 8.42 Å². The van der Waals surface area contributed by atoms with Crippen molar-refractivity contribution in [3.63, 3.8) is 0 Å². The number of methoxy groups -OCH3 is 1. The number of hydrogen-bond donors (Lipinski definition) is 1. The van der Waals surface area contributed by atoms with Crippen molar-refractivity contribution < 1.29 is 22.3 Å². The van der Waals surface area contributed by atoms with Crippen LogP contribution < -0.4 is 10.1 Å². The van der Waals surface area contributed by atoms with E-state index in [-0.39, 0.29) is 21.7 Å². The number of nitrogens with zero attached hydrogens (tertiary/aromatic N) is 1. The second-order valence-corrected chi connectivity index (χ2v) is 9.12. The van der Waals surface area contributed by atoms with Crippen molar-refractivity contribution in [2.45, 2.75) is 23.3 Å². The molecule has 1 N–H and O–H groups in total. The van der Waals surface area contributed by atoms with Gasteiger partial charge in [-0.2, -0.15) is 4.98 Å². The highest BCUT2D eigenvalue weighted by atomic mass is 79.9. The molecule has 2 aromatic carbocycles. The van der Waals surface area contributed by atoms with E-state index >= 15 is 0 Å². The van der Waals surface area contributed by atoms with E-state index in [0.29, 0.717) is 37.5 Å². The van der Waals surface area contributed by atoms with E-state index in [1.54, 1.807) is 43.5 Å². The van der Waals surface area contributed by atoms with E-state index < -0.39 is 9.84 Å². The van der Waals surface area contributed by atoms with Gasteiger partial charge in [0.25, 0.3) is 0 Å². The first-order valence-electron chi connectivity index (χ1n) is 9.43. The van der Waals surface area contributed by atoms with E-state index in [1.807, 2.05) is 6.92 Å². The fraction of sp³-hybridized carbons (Fsp3) is 0.286. The third-order valence-electron chi connectivity index (χ3n) is 4.20. The molecule has 0 saturated carbocycles. The summed E-state index contributed by atoms with van der Waals surface area (Å²) in [5.74, 6) is 1.04. The van der Waals surface area contributed by atoms with Gasteiger partial charge in [-0.05, 0) is 61.9 Å². The van der Waals surface area contributed by atoms with Crippen LogP contribution in [0, 0.1) is 0 Å². The topological polar surface area (TPSA) is 90.7 Å². The fourth-order valence-electron chi connectivity index (χ4n) is 2.73. The molecule has 1 aromatic heterocycles. The second kappa shape index (κ2) is 10.1. The van der Waals surface area contributed by atoms with Gasteiger partial charge in [0.1, 0.15) is 5.75 Å². The largest absolute Gasteiger partial charge is 0.494 e. The lowest BCUT2D eigenvalue weighted by Gasteiger charge is -2.06. The number of rotatable bonds is 10. The van der Waals surface area contributed by atoms with Crippen molar-refractivity contribution in [2.24, 2.45) is 0 Å². The zero-order valence-corrected chi connectivity index (χ0v) is 19.1. The van der Waals surface area contributed by atoms with E-state index in [2.05, 4.69) is 26.2 Å². The van der Waals surface area contributed by atoms with Crippen LogP contribution in [0.15, 0.2) is 67.3 Å². The summed E-state index contributed by atoms with van der Waals surface area (Å²) in [6.07, 6.45) is 0.688. The van der Waals surface area contributed by atoms with E-state index in [0.717, 1.165) is 4.47 Å². The number of ether oxygens (including phenoxy) is 2. The number of oxazole rings is 1. The Bertz CT molecular complexity index is 1060. The molecule has 0 saturated heterocycles. The Morgan fingerprint density at radius 1 is 1.10 bits per heavy atom. The first-order chi connectivity index (χ1) is 14.5. The van der Waals surface area contributed by atoms with Gasteiger partial charge < -0.3 is 19.2 Å². The molecule has 3 rings (SSSR count). The Morgan fingerprint density at radius 3 is 2.43 bits per heavy atom. The summed E-state index contributed by atoms with van der Waals surface area (Å²) >= 11 is 3.32. The van der Waals surface area contributed by atoms with Crippen LogP contribution in [-0.2, 0) is 14.6 Å². The quantitative estimate of drug-likeness (QED) is 0.405. The molecule has 7 nitrogen and oxygen atoms in total. The molecule has 0 bridgehead atoms. The van der Waals surface area contributed by atoms with Crippen LogP contribution in [0.5, 0.6) is 5.75 Å². The molecule has 30 heavy (non-hydrogen) atoms. The monoisotopic (exact) mass is 494 g/mol. The average Bonchev–Trinajstić information content (AvgIpc) is 3.17. The molecular formula is C21H23BrN2O5S. The molecule has 1 heterocycles. The van der Waals surface area contributed by atoms with Gasteiger partial charge in [-0.3, -0.25) is 0 Å². The standard InChI is InChI=1S/C21H23BrN2O5S/c1-3-28-17-9-5-15(6-10-17)19-24-21(20(29-19)23-13-4-14-27-2)30(25,26)18-11-7-16(22)8-12-18/h5-12,23H,3-4,13-14H2,1-2H3. The highest BCUT2D eigenvalue weighted by Crippen LogP contribution is 2.33. The first kappa shape index (κ1) is 22.3. The Kier molecular flexibility index (Phi) is 7.52. The number of nitrogens with one attached hydrogen (secondary N) is 1. The maximum Gasteiger partial charge on any atom is 0.233 e. The second-order valence-electron chi connectivity index (χ2n) is 6.34. The van der Waals surface area contributed by atoms with Crippen molar-refractivity contribution in [3.8, 4) is 17.2 Å². The predicted octanol–water partition coefficient (Wildman–Crippen LogP) is 4.78. The first-order valence-corrected chi connectivity index (χ1v) is 11.7. The van der Waals surface area contributed by atoms with Crippen molar-refractivity contribution in [1.82, 2.24) is 4.98 Å². The Balaban J connectivity index is 1.98. The van der Waals surface area contributed by atoms with Gasteiger partial charge in [0.2, 0.25) is 26.6 Å². The lowest BCUT2D eigenvalue weighted by atomic mass is 10.2. The highest BCUT2D eigenvalue weighted by Gasteiger charge is 2.28. The molecule has 9 heteroatoms. The third-order valence-corrected chi connectivity index (χ3v) is 6.40. The molecule has 0 radical (unpaired) electrons. The maximum absolute atomic E-state index is 13.2. The van der Waals surface area contributed by atoms with Gasteiger partial charge in [-0.15, -0.1) is 0 Å². The normalized spacial score (nSPS) is 11.4. The molecule has 3 aromatic rings. The van der Waals surface area contributed by atoms with Gasteiger partial charge in [0.15, 0.2) is 0 Å². The number of halogens is 1. The number of aromatic nitrogens is 1. The van der Waals surface area contributed by atoms with Crippen molar-refractivity contribution >= 4 is 31.7 Å². The van der Waals surface area contributed by atoms with Gasteiger partial charge in [-0.1, -0.05) is 15.9 Å². The summed E-state index contributed by atoms with van der Waals surface area (Å²) in [6.45, 7) is 3.49. The maximum atomic E-state index is 13.2. The summed E-state index contributed by atoms with van der Waals surface area (Å²) < 4.78 is 43.5. The molecule has 0 atom stereocenters. The molecule has 0 amide bonds. The lowest BCUT2D eigenvalue weighted by molar-refractivity contribution is 0.197. The highest BCUT2D eigenvalue weighted by molar-refractivity contribution is 9.10. The molecule has 0 unspecified atom stereocenters. The SMILES string of the molecule is CCOc1ccc(-c2nc(S(=O)(=O)c3ccc(Br)cc3)c(NCCCOC)o2)cc1. The third kappa shape index (κ3) is 5.21. The van der Waals surface area contributed by atoms with Crippen LogP contribution in [0.25, 0.3) is 11.5 Å². The molecule has 160 valence electrons. The van der Waals surface area contributed by atoms with Gasteiger partial charge in [0, 0.05) is 30.3 Å². The molecule has 0 aliphatic carbocycles.